The Labute approximate surface area is 146 Å². The number of nitrogens with one attached hydrogen (secondary N) is 1. The van der Waals surface area contributed by atoms with Gasteiger partial charge in [0.15, 0.2) is 0 Å². The van der Waals surface area contributed by atoms with E-state index in [9.17, 15) is 15.3 Å². The number of rotatable bonds is 3. The van der Waals surface area contributed by atoms with Crippen LogP contribution >= 0.6 is 0 Å². The number of piperazine rings is 1. The van der Waals surface area contributed by atoms with Crippen LogP contribution in [0.4, 0.5) is 5.95 Å². The van der Waals surface area contributed by atoms with Gasteiger partial charge in [-0.2, -0.15) is 4.98 Å². The molecule has 1 saturated heterocycles. The number of aliphatic hydroxyl groups excluding tert-OH is 3. The van der Waals surface area contributed by atoms with Gasteiger partial charge in [-0.3, -0.25) is 0 Å². The fourth-order valence-electron chi connectivity index (χ4n) is 3.88. The fourth-order valence-corrected chi connectivity index (χ4v) is 3.88. The molecule has 3 aliphatic rings. The largest absolute Gasteiger partial charge is 0.471 e. The summed E-state index contributed by atoms with van der Waals surface area (Å²) in [6.45, 7) is 3.50. The molecule has 4 N–H and O–H groups in total. The van der Waals surface area contributed by atoms with Crippen LogP contribution in [0.1, 0.15) is 30.5 Å². The molecular formula is C17H26N4O4. The Kier molecular flexibility index (Phi) is 4.77. The van der Waals surface area contributed by atoms with Gasteiger partial charge in [-0.15, -0.1) is 0 Å². The topological polar surface area (TPSA) is 111 Å². The van der Waals surface area contributed by atoms with Crippen LogP contribution in [0, 0.1) is 0 Å². The van der Waals surface area contributed by atoms with E-state index in [0.717, 1.165) is 63.1 Å². The second-order valence-corrected chi connectivity index (χ2v) is 7.14. The predicted octanol–water partition coefficient (Wildman–Crippen LogP) is -1.00. The average molecular weight is 350 g/mol. The van der Waals surface area contributed by atoms with Crippen LogP contribution in [-0.4, -0.2) is 75.9 Å². The molecule has 2 heterocycles. The molecule has 2 aliphatic carbocycles. The van der Waals surface area contributed by atoms with Crippen molar-refractivity contribution in [3.05, 3.63) is 11.3 Å². The number of hydrogen-bond acceptors (Lipinski definition) is 8. The van der Waals surface area contributed by atoms with E-state index in [1.165, 1.54) is 0 Å². The molecule has 138 valence electrons. The van der Waals surface area contributed by atoms with E-state index in [1.807, 2.05) is 0 Å². The van der Waals surface area contributed by atoms with Gasteiger partial charge in [0, 0.05) is 38.2 Å². The Morgan fingerprint density at radius 2 is 1.76 bits per heavy atom. The molecule has 0 amide bonds. The summed E-state index contributed by atoms with van der Waals surface area (Å²) in [5.74, 6) is 1.18. The first kappa shape index (κ1) is 17.0. The molecule has 0 aromatic carbocycles. The van der Waals surface area contributed by atoms with Crippen LogP contribution in [0.5, 0.6) is 5.88 Å². The van der Waals surface area contributed by atoms with Crippen LogP contribution in [0.25, 0.3) is 0 Å². The van der Waals surface area contributed by atoms with Crippen molar-refractivity contribution >= 4 is 5.95 Å². The first-order valence-electron chi connectivity index (χ1n) is 9.20. The number of aromatic nitrogens is 2. The molecule has 2 fully saturated rings. The van der Waals surface area contributed by atoms with Crippen LogP contribution in [-0.2, 0) is 12.8 Å². The van der Waals surface area contributed by atoms with Crippen molar-refractivity contribution < 1.29 is 20.1 Å². The molecule has 1 aromatic rings. The Hall–Kier alpha value is -1.48. The minimum atomic E-state index is -1.17. The maximum absolute atomic E-state index is 10.1. The molecule has 8 heteroatoms. The van der Waals surface area contributed by atoms with Crippen molar-refractivity contribution in [3.63, 3.8) is 0 Å². The third-order valence-corrected chi connectivity index (χ3v) is 5.40. The maximum Gasteiger partial charge on any atom is 0.228 e. The maximum atomic E-state index is 10.1. The summed E-state index contributed by atoms with van der Waals surface area (Å²) in [4.78, 5) is 11.6. The van der Waals surface area contributed by atoms with Crippen molar-refractivity contribution in [2.75, 3.05) is 31.1 Å². The van der Waals surface area contributed by atoms with Crippen LogP contribution in [0.3, 0.4) is 0 Å². The van der Waals surface area contributed by atoms with Crippen molar-refractivity contribution in [2.24, 2.45) is 0 Å². The number of fused-ring (bicyclic) bond motifs is 1. The molecular weight excluding hydrogens is 324 g/mol. The highest BCUT2D eigenvalue weighted by molar-refractivity contribution is 5.42. The normalized spacial score (nSPS) is 32.5. The summed E-state index contributed by atoms with van der Waals surface area (Å²) >= 11 is 0. The van der Waals surface area contributed by atoms with E-state index in [-0.39, 0.29) is 6.42 Å². The molecule has 0 radical (unpaired) electrons. The number of aliphatic hydroxyl groups is 3. The minimum Gasteiger partial charge on any atom is -0.471 e. The van der Waals surface area contributed by atoms with Crippen molar-refractivity contribution in [1.29, 1.82) is 0 Å². The average Bonchev–Trinajstić information content (AvgIpc) is 2.89. The van der Waals surface area contributed by atoms with Gasteiger partial charge in [-0.25, -0.2) is 4.98 Å². The van der Waals surface area contributed by atoms with Crippen molar-refractivity contribution in [2.45, 2.75) is 56.5 Å². The highest BCUT2D eigenvalue weighted by Gasteiger charge is 2.42. The number of ether oxygens (including phenoxy) is 1. The second kappa shape index (κ2) is 7.03. The van der Waals surface area contributed by atoms with Gasteiger partial charge < -0.3 is 30.3 Å². The van der Waals surface area contributed by atoms with Crippen LogP contribution in [0.15, 0.2) is 0 Å². The SMILES string of the molecule is O[C@@H]1[C@H](O)[C@@H](Oc2nc(N3CCNCC3)nc3c2CCCC3)C[C@H]1O. The fraction of sp³-hybridized carbons (Fsp3) is 0.765. The third kappa shape index (κ3) is 3.31. The van der Waals surface area contributed by atoms with E-state index in [2.05, 4.69) is 15.2 Å². The molecule has 1 aliphatic heterocycles. The van der Waals surface area contributed by atoms with Gasteiger partial charge >= 0.3 is 0 Å². The van der Waals surface area contributed by atoms with Gasteiger partial charge in [0.25, 0.3) is 0 Å². The Morgan fingerprint density at radius 3 is 2.48 bits per heavy atom. The molecule has 4 atom stereocenters. The predicted molar refractivity (Wildman–Crippen MR) is 90.8 cm³/mol. The molecule has 0 unspecified atom stereocenters. The lowest BCUT2D eigenvalue weighted by Crippen LogP contribution is -2.44. The van der Waals surface area contributed by atoms with Gasteiger partial charge in [0.05, 0.1) is 11.8 Å². The van der Waals surface area contributed by atoms with Gasteiger partial charge in [-0.1, -0.05) is 0 Å². The smallest absolute Gasteiger partial charge is 0.228 e. The zero-order chi connectivity index (χ0) is 17.4. The van der Waals surface area contributed by atoms with Gasteiger partial charge in [-0.05, 0) is 25.7 Å². The first-order valence-corrected chi connectivity index (χ1v) is 9.20. The summed E-state index contributed by atoms with van der Waals surface area (Å²) in [5.41, 5.74) is 2.03. The first-order chi connectivity index (χ1) is 12.1. The Morgan fingerprint density at radius 1 is 1.00 bits per heavy atom. The Bertz CT molecular complexity index is 623. The second-order valence-electron chi connectivity index (χ2n) is 7.14. The monoisotopic (exact) mass is 350 g/mol. The van der Waals surface area contributed by atoms with Crippen molar-refractivity contribution in [3.8, 4) is 5.88 Å². The number of nitrogens with zero attached hydrogens (tertiary/aromatic N) is 3. The molecule has 0 spiro atoms. The number of hydrogen-bond donors (Lipinski definition) is 4. The molecule has 4 rings (SSSR count). The molecule has 1 saturated carbocycles. The number of aryl methyl sites for hydroxylation is 1. The quantitative estimate of drug-likeness (QED) is 0.549. The van der Waals surface area contributed by atoms with Crippen molar-refractivity contribution in [1.82, 2.24) is 15.3 Å². The van der Waals surface area contributed by atoms with Crippen LogP contribution < -0.4 is 15.0 Å². The van der Waals surface area contributed by atoms with Gasteiger partial charge in [0.1, 0.15) is 18.3 Å². The van der Waals surface area contributed by atoms with E-state index in [1.54, 1.807) is 0 Å². The van der Waals surface area contributed by atoms with E-state index < -0.39 is 24.4 Å². The molecule has 0 bridgehead atoms. The summed E-state index contributed by atoms with van der Waals surface area (Å²) in [5, 5.41) is 33.0. The molecule has 1 aromatic heterocycles. The van der Waals surface area contributed by atoms with E-state index in [0.29, 0.717) is 11.8 Å². The molecule has 8 nitrogen and oxygen atoms in total. The van der Waals surface area contributed by atoms with E-state index >= 15 is 0 Å². The number of anilines is 1. The summed E-state index contributed by atoms with van der Waals surface area (Å²) in [6.07, 6.45) is 0.247. The Balaban J connectivity index is 1.63. The summed E-state index contributed by atoms with van der Waals surface area (Å²) in [7, 11) is 0. The summed E-state index contributed by atoms with van der Waals surface area (Å²) < 4.78 is 5.99. The lowest BCUT2D eigenvalue weighted by molar-refractivity contribution is -0.0374. The summed E-state index contributed by atoms with van der Waals surface area (Å²) in [6, 6.07) is 0. The minimum absolute atomic E-state index is 0.198. The third-order valence-electron chi connectivity index (χ3n) is 5.40. The zero-order valence-corrected chi connectivity index (χ0v) is 14.3. The lowest BCUT2D eigenvalue weighted by atomic mass is 9.97. The van der Waals surface area contributed by atoms with E-state index in [4.69, 9.17) is 9.72 Å². The molecule has 25 heavy (non-hydrogen) atoms. The van der Waals surface area contributed by atoms with Gasteiger partial charge in [0.2, 0.25) is 11.8 Å². The highest BCUT2D eigenvalue weighted by atomic mass is 16.5. The zero-order valence-electron chi connectivity index (χ0n) is 14.3. The highest BCUT2D eigenvalue weighted by Crippen LogP contribution is 2.32. The van der Waals surface area contributed by atoms with Crippen LogP contribution in [0.2, 0.25) is 0 Å². The lowest BCUT2D eigenvalue weighted by Gasteiger charge is -2.30. The standard InChI is InChI=1S/C17H26N4O4/c22-12-9-13(15(24)14(12)23)25-16-10-3-1-2-4-11(10)19-17(20-16)21-7-5-18-6-8-21/h12-15,18,22-24H,1-9H2/t12-,13+,14+,15-/m1/s1.